The van der Waals surface area contributed by atoms with E-state index in [2.05, 4.69) is 4.98 Å². The summed E-state index contributed by atoms with van der Waals surface area (Å²) in [4.78, 5) is 27.6. The van der Waals surface area contributed by atoms with Crippen LogP contribution in [-0.2, 0) is 6.54 Å². The van der Waals surface area contributed by atoms with Gasteiger partial charge in [0.05, 0.1) is 11.6 Å². The molecule has 0 bridgehead atoms. The van der Waals surface area contributed by atoms with Crippen molar-refractivity contribution in [3.05, 3.63) is 69.4 Å². The number of hydrogen-bond donors (Lipinski definition) is 1. The molecule has 0 radical (unpaired) electrons. The zero-order chi connectivity index (χ0) is 15.4. The van der Waals surface area contributed by atoms with Gasteiger partial charge in [0.1, 0.15) is 11.4 Å². The van der Waals surface area contributed by atoms with Gasteiger partial charge in [-0.25, -0.2) is 4.39 Å². The fraction of sp³-hybridized carbons (Fsp3) is 0.133. The first-order chi connectivity index (χ1) is 10.0. The first-order valence-corrected chi connectivity index (χ1v) is 6.14. The number of pyridine rings is 1. The Labute approximate surface area is 120 Å². The summed E-state index contributed by atoms with van der Waals surface area (Å²) >= 11 is 0. The van der Waals surface area contributed by atoms with E-state index in [9.17, 15) is 14.0 Å². The van der Waals surface area contributed by atoms with E-state index >= 15 is 0 Å². The van der Waals surface area contributed by atoms with Crippen molar-refractivity contribution in [1.82, 2.24) is 9.88 Å². The number of aromatic amines is 1. The quantitative estimate of drug-likeness (QED) is 0.931. The van der Waals surface area contributed by atoms with E-state index in [0.717, 1.165) is 0 Å². The van der Waals surface area contributed by atoms with Crippen molar-refractivity contribution >= 4 is 5.91 Å². The second-order valence-electron chi connectivity index (χ2n) is 4.50. The second-order valence-corrected chi connectivity index (χ2v) is 4.50. The highest BCUT2D eigenvalue weighted by Gasteiger charge is 2.16. The lowest BCUT2D eigenvalue weighted by atomic mass is 10.1. The van der Waals surface area contributed by atoms with Gasteiger partial charge >= 0.3 is 0 Å². The number of benzene rings is 1. The highest BCUT2D eigenvalue weighted by Crippen LogP contribution is 2.13. The van der Waals surface area contributed by atoms with Crippen LogP contribution in [0.2, 0.25) is 0 Å². The number of halogens is 1. The van der Waals surface area contributed by atoms with Crippen LogP contribution in [0.5, 0.6) is 0 Å². The maximum atomic E-state index is 13.7. The Bertz CT molecular complexity index is 777. The van der Waals surface area contributed by atoms with Gasteiger partial charge in [0, 0.05) is 37.6 Å². The van der Waals surface area contributed by atoms with Gasteiger partial charge in [-0.3, -0.25) is 9.59 Å². The molecule has 1 N–H and O–H groups in total. The molecule has 0 fully saturated rings. The number of nitrogens with one attached hydrogen (secondary N) is 1. The largest absolute Gasteiger partial charge is 0.367 e. The van der Waals surface area contributed by atoms with Gasteiger partial charge in [-0.15, -0.1) is 0 Å². The number of amides is 1. The zero-order valence-electron chi connectivity index (χ0n) is 11.3. The van der Waals surface area contributed by atoms with Crippen molar-refractivity contribution in [1.29, 1.82) is 5.26 Å². The predicted octanol–water partition coefficient (Wildman–Crippen LogP) is 1.66. The molecule has 21 heavy (non-hydrogen) atoms. The molecule has 106 valence electrons. The van der Waals surface area contributed by atoms with Gasteiger partial charge in [0.25, 0.3) is 5.91 Å². The first-order valence-electron chi connectivity index (χ1n) is 6.14. The molecule has 2 rings (SSSR count). The van der Waals surface area contributed by atoms with Gasteiger partial charge < -0.3 is 9.88 Å². The minimum Gasteiger partial charge on any atom is -0.367 e. The molecule has 0 spiro atoms. The molecule has 0 aliphatic rings. The average Bonchev–Trinajstić information content (AvgIpc) is 2.49. The van der Waals surface area contributed by atoms with Crippen molar-refractivity contribution in [3.8, 4) is 6.07 Å². The van der Waals surface area contributed by atoms with Crippen LogP contribution in [0.25, 0.3) is 0 Å². The molecule has 2 aromatic rings. The van der Waals surface area contributed by atoms with Crippen LogP contribution in [0.15, 0.2) is 41.5 Å². The van der Waals surface area contributed by atoms with E-state index in [4.69, 9.17) is 5.26 Å². The third-order valence-electron chi connectivity index (χ3n) is 2.98. The molecule has 5 nitrogen and oxygen atoms in total. The van der Waals surface area contributed by atoms with Gasteiger partial charge in [-0.05, 0) is 18.2 Å². The molecule has 0 aliphatic carbocycles. The summed E-state index contributed by atoms with van der Waals surface area (Å²) in [6.07, 6.45) is 2.73. The number of nitrogens with zero attached hydrogens (tertiary/aromatic N) is 2. The summed E-state index contributed by atoms with van der Waals surface area (Å²) in [6.45, 7) is -0.0332. The fourth-order valence-corrected chi connectivity index (χ4v) is 1.88. The van der Waals surface area contributed by atoms with Gasteiger partial charge in [0.15, 0.2) is 5.43 Å². The lowest BCUT2D eigenvalue weighted by Gasteiger charge is -2.17. The SMILES string of the molecule is CN(Cc1cc(C#N)ccc1F)C(=O)c1c[nH]ccc1=O. The number of rotatable bonds is 3. The maximum absolute atomic E-state index is 13.7. The Morgan fingerprint density at radius 1 is 1.43 bits per heavy atom. The topological polar surface area (TPSA) is 77.0 Å². The van der Waals surface area contributed by atoms with Crippen LogP contribution < -0.4 is 5.43 Å². The number of nitriles is 1. The van der Waals surface area contributed by atoms with Crippen LogP contribution in [0.1, 0.15) is 21.5 Å². The summed E-state index contributed by atoms with van der Waals surface area (Å²) < 4.78 is 13.7. The molecule has 0 aliphatic heterocycles. The summed E-state index contributed by atoms with van der Waals surface area (Å²) in [5.41, 5.74) is 0.107. The van der Waals surface area contributed by atoms with Crippen molar-refractivity contribution in [2.45, 2.75) is 6.54 Å². The van der Waals surface area contributed by atoms with Crippen LogP contribution in [0.4, 0.5) is 4.39 Å². The average molecular weight is 285 g/mol. The Balaban J connectivity index is 2.24. The van der Waals surface area contributed by atoms with E-state index in [1.807, 2.05) is 6.07 Å². The molecule has 1 heterocycles. The third-order valence-corrected chi connectivity index (χ3v) is 2.98. The molecular weight excluding hydrogens is 273 g/mol. The second kappa shape index (κ2) is 6.01. The molecule has 1 amide bonds. The molecular formula is C15H12FN3O2. The highest BCUT2D eigenvalue weighted by molar-refractivity contribution is 5.93. The minimum atomic E-state index is -0.515. The maximum Gasteiger partial charge on any atom is 0.259 e. The highest BCUT2D eigenvalue weighted by atomic mass is 19.1. The number of carbonyl (C=O) groups excluding carboxylic acids is 1. The molecule has 0 saturated carbocycles. The van der Waals surface area contributed by atoms with Crippen molar-refractivity contribution < 1.29 is 9.18 Å². The molecule has 1 aromatic carbocycles. The van der Waals surface area contributed by atoms with E-state index in [0.29, 0.717) is 5.56 Å². The van der Waals surface area contributed by atoms with Crippen molar-refractivity contribution in [3.63, 3.8) is 0 Å². The van der Waals surface area contributed by atoms with Crippen LogP contribution in [-0.4, -0.2) is 22.8 Å². The predicted molar refractivity (Wildman–Crippen MR) is 74.0 cm³/mol. The lowest BCUT2D eigenvalue weighted by Crippen LogP contribution is -2.30. The lowest BCUT2D eigenvalue weighted by molar-refractivity contribution is 0.0782. The normalized spacial score (nSPS) is 9.95. The van der Waals surface area contributed by atoms with Gasteiger partial charge in [-0.1, -0.05) is 0 Å². The Morgan fingerprint density at radius 2 is 2.19 bits per heavy atom. The van der Waals surface area contributed by atoms with E-state index < -0.39 is 17.2 Å². The first kappa shape index (κ1) is 14.5. The number of aromatic nitrogens is 1. The fourth-order valence-electron chi connectivity index (χ4n) is 1.88. The van der Waals surface area contributed by atoms with E-state index in [-0.39, 0.29) is 17.7 Å². The molecule has 0 saturated heterocycles. The molecule has 6 heteroatoms. The monoisotopic (exact) mass is 285 g/mol. The van der Waals surface area contributed by atoms with Gasteiger partial charge in [0.2, 0.25) is 0 Å². The third kappa shape index (κ3) is 3.15. The number of carbonyl (C=O) groups is 1. The number of H-pyrrole nitrogens is 1. The Hall–Kier alpha value is -2.94. The van der Waals surface area contributed by atoms with Crippen LogP contribution >= 0.6 is 0 Å². The van der Waals surface area contributed by atoms with Gasteiger partial charge in [-0.2, -0.15) is 5.26 Å². The Morgan fingerprint density at radius 3 is 2.86 bits per heavy atom. The summed E-state index contributed by atoms with van der Waals surface area (Å²) in [6, 6.07) is 7.09. The van der Waals surface area contributed by atoms with Crippen molar-refractivity contribution in [2.24, 2.45) is 0 Å². The summed E-state index contributed by atoms with van der Waals surface area (Å²) in [7, 11) is 1.47. The number of hydrogen-bond acceptors (Lipinski definition) is 3. The summed E-state index contributed by atoms with van der Waals surface area (Å²) in [5.74, 6) is -1.02. The minimum absolute atomic E-state index is 0.0168. The zero-order valence-corrected chi connectivity index (χ0v) is 11.3. The Kier molecular flexibility index (Phi) is 4.14. The molecule has 0 atom stereocenters. The van der Waals surface area contributed by atoms with E-state index in [1.165, 1.54) is 48.6 Å². The smallest absolute Gasteiger partial charge is 0.259 e. The molecule has 0 unspecified atom stereocenters. The summed E-state index contributed by atoms with van der Waals surface area (Å²) in [5, 5.41) is 8.81. The van der Waals surface area contributed by atoms with Crippen LogP contribution in [0, 0.1) is 17.1 Å². The standard InChI is InChI=1S/C15H12FN3O2/c1-19(15(21)12-8-18-5-4-14(12)20)9-11-6-10(7-17)2-3-13(11)16/h2-6,8H,9H2,1H3,(H,18,20). The van der Waals surface area contributed by atoms with Crippen molar-refractivity contribution in [2.75, 3.05) is 7.05 Å². The van der Waals surface area contributed by atoms with Crippen LogP contribution in [0.3, 0.4) is 0 Å². The van der Waals surface area contributed by atoms with E-state index in [1.54, 1.807) is 0 Å². The molecule has 1 aromatic heterocycles.